The fourth-order valence-electron chi connectivity index (χ4n) is 2.79. The summed E-state index contributed by atoms with van der Waals surface area (Å²) in [5.74, 6) is -0.171. The molecule has 0 atom stereocenters. The van der Waals surface area contributed by atoms with Crippen molar-refractivity contribution in [2.24, 2.45) is 0 Å². The SMILES string of the molecule is CCC(=O)OCc1cccc(-c2ccc(N3CCOCC3)cc2)c1. The largest absolute Gasteiger partial charge is 0.461 e. The summed E-state index contributed by atoms with van der Waals surface area (Å²) in [7, 11) is 0. The Kier molecular flexibility index (Phi) is 5.49. The van der Waals surface area contributed by atoms with Gasteiger partial charge in [0.1, 0.15) is 6.61 Å². The highest BCUT2D eigenvalue weighted by molar-refractivity contribution is 5.69. The third-order valence-electron chi connectivity index (χ3n) is 4.19. The van der Waals surface area contributed by atoms with Crippen LogP contribution in [-0.2, 0) is 20.9 Å². The highest BCUT2D eigenvalue weighted by Crippen LogP contribution is 2.24. The quantitative estimate of drug-likeness (QED) is 0.787. The minimum absolute atomic E-state index is 0.171. The summed E-state index contributed by atoms with van der Waals surface area (Å²) in [6.45, 7) is 5.59. The number of nitrogens with zero attached hydrogens (tertiary/aromatic N) is 1. The number of esters is 1. The molecule has 0 bridgehead atoms. The van der Waals surface area contributed by atoms with Crippen LogP contribution in [0.2, 0.25) is 0 Å². The minimum Gasteiger partial charge on any atom is -0.461 e. The van der Waals surface area contributed by atoms with Crippen LogP contribution in [0, 0.1) is 0 Å². The van der Waals surface area contributed by atoms with Gasteiger partial charge in [-0.05, 0) is 34.9 Å². The molecule has 0 unspecified atom stereocenters. The lowest BCUT2D eigenvalue weighted by atomic mass is 10.0. The van der Waals surface area contributed by atoms with Gasteiger partial charge in [-0.3, -0.25) is 4.79 Å². The Morgan fingerprint density at radius 3 is 2.54 bits per heavy atom. The molecule has 1 saturated heterocycles. The maximum Gasteiger partial charge on any atom is 0.305 e. The third-order valence-corrected chi connectivity index (χ3v) is 4.19. The van der Waals surface area contributed by atoms with Crippen molar-refractivity contribution in [2.45, 2.75) is 20.0 Å². The van der Waals surface area contributed by atoms with E-state index in [0.29, 0.717) is 13.0 Å². The first kappa shape index (κ1) is 16.5. The first-order valence-electron chi connectivity index (χ1n) is 8.44. The number of hydrogen-bond acceptors (Lipinski definition) is 4. The second kappa shape index (κ2) is 7.97. The molecule has 126 valence electrons. The van der Waals surface area contributed by atoms with Gasteiger partial charge >= 0.3 is 5.97 Å². The fourth-order valence-corrected chi connectivity index (χ4v) is 2.79. The van der Waals surface area contributed by atoms with E-state index in [1.54, 1.807) is 6.92 Å². The first-order chi connectivity index (χ1) is 11.8. The van der Waals surface area contributed by atoms with Crippen molar-refractivity contribution in [3.05, 3.63) is 54.1 Å². The molecule has 24 heavy (non-hydrogen) atoms. The van der Waals surface area contributed by atoms with Gasteiger partial charge in [0.25, 0.3) is 0 Å². The number of ether oxygens (including phenoxy) is 2. The molecule has 0 spiro atoms. The standard InChI is InChI=1S/C20H23NO3/c1-2-20(22)24-15-16-4-3-5-18(14-16)17-6-8-19(9-7-17)21-10-12-23-13-11-21/h3-9,14H,2,10-13,15H2,1H3. The van der Waals surface area contributed by atoms with Crippen LogP contribution < -0.4 is 4.90 Å². The maximum atomic E-state index is 11.3. The number of morpholine rings is 1. The van der Waals surface area contributed by atoms with E-state index < -0.39 is 0 Å². The van der Waals surface area contributed by atoms with Crippen molar-refractivity contribution >= 4 is 11.7 Å². The maximum absolute atomic E-state index is 11.3. The lowest BCUT2D eigenvalue weighted by molar-refractivity contribution is -0.144. The molecule has 2 aromatic rings. The summed E-state index contributed by atoms with van der Waals surface area (Å²) in [5.41, 5.74) is 4.53. The van der Waals surface area contributed by atoms with Gasteiger partial charge in [0.15, 0.2) is 0 Å². The van der Waals surface area contributed by atoms with E-state index in [9.17, 15) is 4.79 Å². The smallest absolute Gasteiger partial charge is 0.305 e. The zero-order chi connectivity index (χ0) is 16.8. The molecule has 0 amide bonds. The number of hydrogen-bond donors (Lipinski definition) is 0. The Labute approximate surface area is 143 Å². The average Bonchev–Trinajstić information content (AvgIpc) is 2.67. The summed E-state index contributed by atoms with van der Waals surface area (Å²) in [6, 6.07) is 16.7. The summed E-state index contributed by atoms with van der Waals surface area (Å²) in [4.78, 5) is 13.6. The van der Waals surface area contributed by atoms with E-state index >= 15 is 0 Å². The molecule has 0 saturated carbocycles. The second-order valence-electron chi connectivity index (χ2n) is 5.86. The van der Waals surface area contributed by atoms with Gasteiger partial charge < -0.3 is 14.4 Å². The van der Waals surface area contributed by atoms with Crippen LogP contribution in [0.15, 0.2) is 48.5 Å². The van der Waals surface area contributed by atoms with Crippen molar-refractivity contribution in [1.82, 2.24) is 0 Å². The predicted molar refractivity (Wildman–Crippen MR) is 95.0 cm³/mol. The number of rotatable bonds is 5. The average molecular weight is 325 g/mol. The molecule has 2 aromatic carbocycles. The van der Waals surface area contributed by atoms with E-state index in [2.05, 4.69) is 41.3 Å². The highest BCUT2D eigenvalue weighted by Gasteiger charge is 2.11. The highest BCUT2D eigenvalue weighted by atomic mass is 16.5. The lowest BCUT2D eigenvalue weighted by Gasteiger charge is -2.28. The molecule has 0 aromatic heterocycles. The zero-order valence-electron chi connectivity index (χ0n) is 14.0. The van der Waals surface area contributed by atoms with Gasteiger partial charge in [-0.15, -0.1) is 0 Å². The van der Waals surface area contributed by atoms with E-state index in [1.807, 2.05) is 12.1 Å². The van der Waals surface area contributed by atoms with E-state index in [0.717, 1.165) is 43.0 Å². The van der Waals surface area contributed by atoms with Crippen molar-refractivity contribution in [3.63, 3.8) is 0 Å². The Hall–Kier alpha value is -2.33. The lowest BCUT2D eigenvalue weighted by Crippen LogP contribution is -2.36. The molecule has 3 rings (SSSR count). The van der Waals surface area contributed by atoms with E-state index in [4.69, 9.17) is 9.47 Å². The number of carbonyl (C=O) groups is 1. The molecule has 0 N–H and O–H groups in total. The molecular weight excluding hydrogens is 302 g/mol. The monoisotopic (exact) mass is 325 g/mol. The molecule has 1 aliphatic rings. The van der Waals surface area contributed by atoms with Gasteiger partial charge in [-0.2, -0.15) is 0 Å². The molecular formula is C20H23NO3. The Morgan fingerprint density at radius 2 is 1.83 bits per heavy atom. The number of carbonyl (C=O) groups excluding carboxylic acids is 1. The summed E-state index contributed by atoms with van der Waals surface area (Å²) in [5, 5.41) is 0. The van der Waals surface area contributed by atoms with E-state index in [1.165, 1.54) is 5.69 Å². The fraction of sp³-hybridized carbons (Fsp3) is 0.350. The van der Waals surface area contributed by atoms with E-state index in [-0.39, 0.29) is 5.97 Å². The normalized spacial score (nSPS) is 14.5. The number of anilines is 1. The molecule has 1 aliphatic heterocycles. The molecule has 1 fully saturated rings. The molecule has 0 radical (unpaired) electrons. The Morgan fingerprint density at radius 1 is 1.08 bits per heavy atom. The van der Waals surface area contributed by atoms with Gasteiger partial charge in [0.2, 0.25) is 0 Å². The topological polar surface area (TPSA) is 38.8 Å². The summed E-state index contributed by atoms with van der Waals surface area (Å²) >= 11 is 0. The zero-order valence-corrected chi connectivity index (χ0v) is 14.0. The van der Waals surface area contributed by atoms with Crippen LogP contribution >= 0.6 is 0 Å². The van der Waals surface area contributed by atoms with Crippen LogP contribution in [0.5, 0.6) is 0 Å². The first-order valence-corrected chi connectivity index (χ1v) is 8.44. The predicted octanol–water partition coefficient (Wildman–Crippen LogP) is 3.64. The molecule has 1 heterocycles. The second-order valence-corrected chi connectivity index (χ2v) is 5.86. The van der Waals surface area contributed by atoms with Crippen LogP contribution in [-0.4, -0.2) is 32.3 Å². The third kappa shape index (κ3) is 4.15. The molecule has 4 nitrogen and oxygen atoms in total. The van der Waals surface area contributed by atoms with Gasteiger partial charge in [-0.1, -0.05) is 37.3 Å². The van der Waals surface area contributed by atoms with Crippen LogP contribution in [0.4, 0.5) is 5.69 Å². The van der Waals surface area contributed by atoms with Crippen molar-refractivity contribution in [2.75, 3.05) is 31.2 Å². The summed E-state index contributed by atoms with van der Waals surface area (Å²) in [6.07, 6.45) is 0.405. The Bertz CT molecular complexity index is 676. The molecule has 4 heteroatoms. The Balaban J connectivity index is 1.70. The van der Waals surface area contributed by atoms with Crippen LogP contribution in [0.25, 0.3) is 11.1 Å². The minimum atomic E-state index is -0.171. The van der Waals surface area contributed by atoms with Gasteiger partial charge in [0, 0.05) is 25.2 Å². The van der Waals surface area contributed by atoms with Crippen molar-refractivity contribution in [3.8, 4) is 11.1 Å². The molecule has 0 aliphatic carbocycles. The van der Waals surface area contributed by atoms with Crippen LogP contribution in [0.3, 0.4) is 0 Å². The van der Waals surface area contributed by atoms with Crippen molar-refractivity contribution < 1.29 is 14.3 Å². The van der Waals surface area contributed by atoms with Gasteiger partial charge in [0.05, 0.1) is 13.2 Å². The van der Waals surface area contributed by atoms with Crippen LogP contribution in [0.1, 0.15) is 18.9 Å². The summed E-state index contributed by atoms with van der Waals surface area (Å²) < 4.78 is 10.6. The van der Waals surface area contributed by atoms with Gasteiger partial charge in [-0.25, -0.2) is 0 Å². The number of benzene rings is 2. The van der Waals surface area contributed by atoms with Crippen molar-refractivity contribution in [1.29, 1.82) is 0 Å².